The maximum absolute atomic E-state index is 12.2. The van der Waals surface area contributed by atoms with Gasteiger partial charge in [-0.2, -0.15) is 13.2 Å². The molecular formula is C8H14F3N. The predicted octanol–water partition coefficient (Wildman–Crippen LogP) is 2.33. The van der Waals surface area contributed by atoms with E-state index in [0.29, 0.717) is 6.54 Å². The van der Waals surface area contributed by atoms with Crippen LogP contribution in [0.1, 0.15) is 26.2 Å². The topological polar surface area (TPSA) is 12.0 Å². The van der Waals surface area contributed by atoms with Gasteiger partial charge in [-0.25, -0.2) is 0 Å². The molecule has 4 heteroatoms. The first-order valence-electron chi connectivity index (χ1n) is 4.34. The lowest BCUT2D eigenvalue weighted by Gasteiger charge is -2.30. The largest absolute Gasteiger partial charge is 0.391 e. The summed E-state index contributed by atoms with van der Waals surface area (Å²) >= 11 is 0. The molecule has 1 N–H and O–H groups in total. The van der Waals surface area contributed by atoms with Crippen molar-refractivity contribution in [3.63, 3.8) is 0 Å². The molecule has 0 aromatic heterocycles. The summed E-state index contributed by atoms with van der Waals surface area (Å²) in [5, 5.41) is 3.07. The molecular weight excluding hydrogens is 167 g/mol. The van der Waals surface area contributed by atoms with Gasteiger partial charge in [-0.15, -0.1) is 0 Å². The molecule has 72 valence electrons. The average Bonchev–Trinajstić information content (AvgIpc) is 2.03. The van der Waals surface area contributed by atoms with Gasteiger partial charge < -0.3 is 5.32 Å². The molecule has 2 atom stereocenters. The van der Waals surface area contributed by atoms with Gasteiger partial charge >= 0.3 is 6.18 Å². The van der Waals surface area contributed by atoms with E-state index in [1.165, 1.54) is 0 Å². The molecule has 1 nitrogen and oxygen atoms in total. The van der Waals surface area contributed by atoms with Gasteiger partial charge in [0, 0.05) is 6.04 Å². The zero-order valence-electron chi connectivity index (χ0n) is 7.12. The quantitative estimate of drug-likeness (QED) is 0.654. The summed E-state index contributed by atoms with van der Waals surface area (Å²) in [6.07, 6.45) is -2.72. The lowest BCUT2D eigenvalue weighted by Crippen LogP contribution is -2.42. The van der Waals surface area contributed by atoms with Crippen molar-refractivity contribution in [2.75, 3.05) is 6.54 Å². The van der Waals surface area contributed by atoms with Crippen LogP contribution in [0.5, 0.6) is 0 Å². The highest BCUT2D eigenvalue weighted by molar-refractivity contribution is 4.81. The first kappa shape index (κ1) is 9.84. The van der Waals surface area contributed by atoms with Crippen LogP contribution >= 0.6 is 0 Å². The number of hydrogen-bond acceptors (Lipinski definition) is 1. The van der Waals surface area contributed by atoms with Gasteiger partial charge in [-0.3, -0.25) is 0 Å². The Morgan fingerprint density at radius 3 is 2.58 bits per heavy atom. The normalized spacial score (nSPS) is 32.0. The second-order valence-electron chi connectivity index (χ2n) is 3.32. The van der Waals surface area contributed by atoms with E-state index < -0.39 is 12.1 Å². The van der Waals surface area contributed by atoms with Crippen molar-refractivity contribution in [2.45, 2.75) is 38.4 Å². The van der Waals surface area contributed by atoms with Crippen molar-refractivity contribution in [3.8, 4) is 0 Å². The highest BCUT2D eigenvalue weighted by atomic mass is 19.4. The highest BCUT2D eigenvalue weighted by Crippen LogP contribution is 2.34. The minimum absolute atomic E-state index is 0.0605. The summed E-state index contributed by atoms with van der Waals surface area (Å²) in [4.78, 5) is 0. The van der Waals surface area contributed by atoms with E-state index in [1.54, 1.807) is 0 Å². The van der Waals surface area contributed by atoms with E-state index in [4.69, 9.17) is 0 Å². The smallest absolute Gasteiger partial charge is 0.314 e. The Balaban J connectivity index is 2.46. The van der Waals surface area contributed by atoms with E-state index in [-0.39, 0.29) is 18.9 Å². The molecule has 1 saturated heterocycles. The first-order chi connectivity index (χ1) is 5.54. The standard InChI is InChI=1S/C8H14F3N/c1-2-7-5-6(3-4-12-7)8(9,10)11/h6-7,12H,2-5H2,1H3/t6-,7-/m1/s1. The minimum atomic E-state index is -3.99. The van der Waals surface area contributed by atoms with Crippen LogP contribution < -0.4 is 5.32 Å². The summed E-state index contributed by atoms with van der Waals surface area (Å²) < 4.78 is 36.7. The summed E-state index contributed by atoms with van der Waals surface area (Å²) in [7, 11) is 0. The van der Waals surface area contributed by atoms with Gasteiger partial charge in [0.05, 0.1) is 5.92 Å². The van der Waals surface area contributed by atoms with Crippen molar-refractivity contribution >= 4 is 0 Å². The molecule has 1 heterocycles. The molecule has 0 aromatic carbocycles. The zero-order chi connectivity index (χ0) is 9.19. The number of halogens is 3. The molecule has 1 fully saturated rings. The third-order valence-electron chi connectivity index (χ3n) is 2.45. The molecule has 1 rings (SSSR count). The predicted molar refractivity (Wildman–Crippen MR) is 40.9 cm³/mol. The number of rotatable bonds is 1. The lowest BCUT2D eigenvalue weighted by atomic mass is 9.91. The van der Waals surface area contributed by atoms with E-state index >= 15 is 0 Å². The van der Waals surface area contributed by atoms with Crippen LogP contribution in [0.15, 0.2) is 0 Å². The summed E-state index contributed by atoms with van der Waals surface area (Å²) in [6, 6.07) is 0.0605. The fraction of sp³-hybridized carbons (Fsp3) is 1.00. The molecule has 0 radical (unpaired) electrons. The number of nitrogens with one attached hydrogen (secondary N) is 1. The Hall–Kier alpha value is -0.250. The van der Waals surface area contributed by atoms with Crippen LogP contribution in [0.2, 0.25) is 0 Å². The summed E-state index contributed by atoms with van der Waals surface area (Å²) in [5.74, 6) is -1.08. The Morgan fingerprint density at radius 2 is 2.08 bits per heavy atom. The molecule has 0 bridgehead atoms. The first-order valence-corrected chi connectivity index (χ1v) is 4.34. The van der Waals surface area contributed by atoms with Gasteiger partial charge in [0.15, 0.2) is 0 Å². The minimum Gasteiger partial charge on any atom is -0.314 e. The van der Waals surface area contributed by atoms with Crippen molar-refractivity contribution in [2.24, 2.45) is 5.92 Å². The summed E-state index contributed by atoms with van der Waals surface area (Å²) in [6.45, 7) is 2.42. The third kappa shape index (κ3) is 2.37. The Kier molecular flexibility index (Phi) is 2.99. The molecule has 1 aliphatic heterocycles. The summed E-state index contributed by atoms with van der Waals surface area (Å²) in [5.41, 5.74) is 0. The van der Waals surface area contributed by atoms with E-state index in [9.17, 15) is 13.2 Å². The molecule has 0 aliphatic carbocycles. The van der Waals surface area contributed by atoms with Gasteiger partial charge in [-0.1, -0.05) is 6.92 Å². The molecule has 1 aliphatic rings. The lowest BCUT2D eigenvalue weighted by molar-refractivity contribution is -0.183. The number of alkyl halides is 3. The van der Waals surface area contributed by atoms with E-state index in [2.05, 4.69) is 5.32 Å². The van der Waals surface area contributed by atoms with Crippen molar-refractivity contribution < 1.29 is 13.2 Å². The maximum atomic E-state index is 12.2. The van der Waals surface area contributed by atoms with E-state index in [0.717, 1.165) is 6.42 Å². The van der Waals surface area contributed by atoms with Crippen LogP contribution in [-0.2, 0) is 0 Å². The van der Waals surface area contributed by atoms with Crippen LogP contribution in [0.4, 0.5) is 13.2 Å². The number of hydrogen-bond donors (Lipinski definition) is 1. The second kappa shape index (κ2) is 3.64. The van der Waals surface area contributed by atoms with Crippen molar-refractivity contribution in [1.82, 2.24) is 5.32 Å². The van der Waals surface area contributed by atoms with Crippen LogP contribution in [-0.4, -0.2) is 18.8 Å². The molecule has 0 spiro atoms. The monoisotopic (exact) mass is 181 g/mol. The van der Waals surface area contributed by atoms with E-state index in [1.807, 2.05) is 6.92 Å². The highest BCUT2D eigenvalue weighted by Gasteiger charge is 2.41. The molecule has 12 heavy (non-hydrogen) atoms. The average molecular weight is 181 g/mol. The second-order valence-corrected chi connectivity index (χ2v) is 3.32. The fourth-order valence-corrected chi connectivity index (χ4v) is 1.61. The van der Waals surface area contributed by atoms with Gasteiger partial charge in [0.2, 0.25) is 0 Å². The molecule has 0 saturated carbocycles. The molecule has 0 aromatic rings. The van der Waals surface area contributed by atoms with Gasteiger partial charge in [0.25, 0.3) is 0 Å². The Labute approximate surface area is 70.3 Å². The molecule has 0 amide bonds. The zero-order valence-corrected chi connectivity index (χ0v) is 7.12. The van der Waals surface area contributed by atoms with Crippen molar-refractivity contribution in [3.05, 3.63) is 0 Å². The van der Waals surface area contributed by atoms with Crippen LogP contribution in [0.25, 0.3) is 0 Å². The van der Waals surface area contributed by atoms with Crippen LogP contribution in [0.3, 0.4) is 0 Å². The maximum Gasteiger partial charge on any atom is 0.391 e. The SMILES string of the molecule is CC[C@@H]1C[C@H](C(F)(F)F)CCN1. The van der Waals surface area contributed by atoms with Crippen molar-refractivity contribution in [1.29, 1.82) is 0 Å². The number of piperidine rings is 1. The Bertz CT molecular complexity index is 144. The third-order valence-corrected chi connectivity index (χ3v) is 2.45. The Morgan fingerprint density at radius 1 is 1.42 bits per heavy atom. The molecule has 0 unspecified atom stereocenters. The van der Waals surface area contributed by atoms with Gasteiger partial charge in [0.1, 0.15) is 0 Å². The fourth-order valence-electron chi connectivity index (χ4n) is 1.61. The van der Waals surface area contributed by atoms with Gasteiger partial charge in [-0.05, 0) is 25.8 Å². The van der Waals surface area contributed by atoms with Crippen LogP contribution in [0, 0.1) is 5.92 Å².